The Balaban J connectivity index is 1.89. The SMILES string of the molecule is Cc1ccc(NC(=O)COC(=O)c2ccc(C#N)cc2)cc1C. The van der Waals surface area contributed by atoms with Crippen molar-refractivity contribution >= 4 is 17.6 Å². The maximum Gasteiger partial charge on any atom is 0.338 e. The van der Waals surface area contributed by atoms with Crippen molar-refractivity contribution in [3.63, 3.8) is 0 Å². The van der Waals surface area contributed by atoms with Gasteiger partial charge in [-0.05, 0) is 61.4 Å². The molecule has 0 aliphatic carbocycles. The molecule has 0 bridgehead atoms. The van der Waals surface area contributed by atoms with Gasteiger partial charge in [0.15, 0.2) is 6.61 Å². The van der Waals surface area contributed by atoms with Crippen LogP contribution >= 0.6 is 0 Å². The molecule has 2 rings (SSSR count). The monoisotopic (exact) mass is 308 g/mol. The van der Waals surface area contributed by atoms with Gasteiger partial charge in [-0.25, -0.2) is 4.79 Å². The number of benzene rings is 2. The van der Waals surface area contributed by atoms with Crippen LogP contribution in [0.5, 0.6) is 0 Å². The zero-order chi connectivity index (χ0) is 16.8. The first-order chi connectivity index (χ1) is 11.0. The van der Waals surface area contributed by atoms with E-state index in [1.807, 2.05) is 32.0 Å². The van der Waals surface area contributed by atoms with Gasteiger partial charge < -0.3 is 10.1 Å². The second-order valence-corrected chi connectivity index (χ2v) is 5.11. The molecule has 0 fully saturated rings. The lowest BCUT2D eigenvalue weighted by Gasteiger charge is -2.08. The minimum absolute atomic E-state index is 0.294. The highest BCUT2D eigenvalue weighted by Crippen LogP contribution is 2.14. The molecule has 0 atom stereocenters. The summed E-state index contributed by atoms with van der Waals surface area (Å²) in [7, 11) is 0. The quantitative estimate of drug-likeness (QED) is 0.881. The van der Waals surface area contributed by atoms with Gasteiger partial charge in [-0.3, -0.25) is 4.79 Å². The summed E-state index contributed by atoms with van der Waals surface area (Å²) < 4.78 is 4.96. The van der Waals surface area contributed by atoms with E-state index in [1.165, 1.54) is 24.3 Å². The number of carbonyl (C=O) groups is 2. The predicted molar refractivity (Wildman–Crippen MR) is 86.0 cm³/mol. The van der Waals surface area contributed by atoms with Crippen molar-refractivity contribution in [3.05, 3.63) is 64.7 Å². The fourth-order valence-electron chi connectivity index (χ4n) is 1.91. The largest absolute Gasteiger partial charge is 0.452 e. The molecule has 2 aromatic carbocycles. The van der Waals surface area contributed by atoms with Crippen LogP contribution in [-0.4, -0.2) is 18.5 Å². The molecule has 0 saturated carbocycles. The van der Waals surface area contributed by atoms with Gasteiger partial charge in [0.2, 0.25) is 0 Å². The van der Waals surface area contributed by atoms with Crippen LogP contribution in [0.15, 0.2) is 42.5 Å². The number of rotatable bonds is 4. The summed E-state index contributed by atoms with van der Waals surface area (Å²) in [4.78, 5) is 23.6. The van der Waals surface area contributed by atoms with Crippen molar-refractivity contribution in [1.29, 1.82) is 5.26 Å². The van der Waals surface area contributed by atoms with Crippen LogP contribution in [0.25, 0.3) is 0 Å². The summed E-state index contributed by atoms with van der Waals surface area (Å²) in [6.45, 7) is 3.57. The standard InChI is InChI=1S/C18H16N2O3/c1-12-3-8-16(9-13(12)2)20-17(21)11-23-18(22)15-6-4-14(10-19)5-7-15/h3-9H,11H2,1-2H3,(H,20,21). The Hall–Kier alpha value is -3.13. The number of carbonyl (C=O) groups excluding carboxylic acids is 2. The van der Waals surface area contributed by atoms with E-state index < -0.39 is 11.9 Å². The molecule has 2 aromatic rings. The predicted octanol–water partition coefficient (Wildman–Crippen LogP) is 2.97. The second kappa shape index (κ2) is 7.23. The average molecular weight is 308 g/mol. The number of hydrogen-bond acceptors (Lipinski definition) is 4. The minimum Gasteiger partial charge on any atom is -0.452 e. The highest BCUT2D eigenvalue weighted by atomic mass is 16.5. The molecule has 116 valence electrons. The molecule has 5 heteroatoms. The van der Waals surface area contributed by atoms with E-state index in [2.05, 4.69) is 5.32 Å². The Labute approximate surface area is 134 Å². The second-order valence-electron chi connectivity index (χ2n) is 5.11. The van der Waals surface area contributed by atoms with E-state index in [-0.39, 0.29) is 6.61 Å². The molecular formula is C18H16N2O3. The van der Waals surface area contributed by atoms with Crippen LogP contribution in [0.2, 0.25) is 0 Å². The maximum absolute atomic E-state index is 11.8. The number of hydrogen-bond donors (Lipinski definition) is 1. The molecule has 1 amide bonds. The Morgan fingerprint density at radius 2 is 1.78 bits per heavy atom. The van der Waals surface area contributed by atoms with E-state index in [0.29, 0.717) is 16.8 Å². The van der Waals surface area contributed by atoms with Crippen LogP contribution in [0.3, 0.4) is 0 Å². The third-order valence-electron chi connectivity index (χ3n) is 3.37. The van der Waals surface area contributed by atoms with Crippen LogP contribution in [0.4, 0.5) is 5.69 Å². The Morgan fingerprint density at radius 1 is 1.09 bits per heavy atom. The topological polar surface area (TPSA) is 79.2 Å². The lowest BCUT2D eigenvalue weighted by atomic mass is 10.1. The molecule has 0 aliphatic heterocycles. The highest BCUT2D eigenvalue weighted by molar-refractivity contribution is 5.95. The first-order valence-electron chi connectivity index (χ1n) is 7.04. The van der Waals surface area contributed by atoms with Crippen molar-refractivity contribution < 1.29 is 14.3 Å². The number of aryl methyl sites for hydroxylation is 2. The van der Waals surface area contributed by atoms with E-state index in [4.69, 9.17) is 10.00 Å². The van der Waals surface area contributed by atoms with Crippen LogP contribution < -0.4 is 5.32 Å². The molecule has 0 spiro atoms. The van der Waals surface area contributed by atoms with Crippen LogP contribution in [0, 0.1) is 25.2 Å². The van der Waals surface area contributed by atoms with Gasteiger partial charge in [0.25, 0.3) is 5.91 Å². The van der Waals surface area contributed by atoms with Gasteiger partial charge in [0, 0.05) is 5.69 Å². The van der Waals surface area contributed by atoms with Gasteiger partial charge in [0.05, 0.1) is 17.2 Å². The summed E-state index contributed by atoms with van der Waals surface area (Å²) in [6, 6.07) is 13.5. The van der Waals surface area contributed by atoms with Gasteiger partial charge >= 0.3 is 5.97 Å². The van der Waals surface area contributed by atoms with Crippen molar-refractivity contribution in [3.8, 4) is 6.07 Å². The van der Waals surface area contributed by atoms with Gasteiger partial charge in [-0.1, -0.05) is 6.07 Å². The van der Waals surface area contributed by atoms with Crippen molar-refractivity contribution in [1.82, 2.24) is 0 Å². The fourth-order valence-corrected chi connectivity index (χ4v) is 1.91. The number of nitriles is 1. The van der Waals surface area contributed by atoms with E-state index in [0.717, 1.165) is 11.1 Å². The number of anilines is 1. The zero-order valence-corrected chi connectivity index (χ0v) is 12.9. The molecule has 0 saturated heterocycles. The zero-order valence-electron chi connectivity index (χ0n) is 12.9. The van der Waals surface area contributed by atoms with Crippen LogP contribution in [0.1, 0.15) is 27.0 Å². The molecule has 0 heterocycles. The maximum atomic E-state index is 11.8. The van der Waals surface area contributed by atoms with E-state index in [1.54, 1.807) is 6.07 Å². The number of esters is 1. The third-order valence-corrected chi connectivity index (χ3v) is 3.37. The normalized spacial score (nSPS) is 9.78. The smallest absolute Gasteiger partial charge is 0.338 e. The fraction of sp³-hybridized carbons (Fsp3) is 0.167. The number of nitrogens with one attached hydrogen (secondary N) is 1. The highest BCUT2D eigenvalue weighted by Gasteiger charge is 2.10. The van der Waals surface area contributed by atoms with Crippen LogP contribution in [-0.2, 0) is 9.53 Å². The van der Waals surface area contributed by atoms with Crippen molar-refractivity contribution in [2.45, 2.75) is 13.8 Å². The lowest BCUT2D eigenvalue weighted by Crippen LogP contribution is -2.21. The average Bonchev–Trinajstić information content (AvgIpc) is 2.56. The Bertz CT molecular complexity index is 774. The van der Waals surface area contributed by atoms with Crippen molar-refractivity contribution in [2.24, 2.45) is 0 Å². The molecule has 5 nitrogen and oxygen atoms in total. The molecule has 0 radical (unpaired) electrons. The Kier molecular flexibility index (Phi) is 5.11. The summed E-state index contributed by atoms with van der Waals surface area (Å²) >= 11 is 0. The third kappa shape index (κ3) is 4.42. The summed E-state index contributed by atoms with van der Waals surface area (Å²) in [5, 5.41) is 11.4. The summed E-state index contributed by atoms with van der Waals surface area (Å²) in [5.74, 6) is -1.01. The first kappa shape index (κ1) is 16.2. The molecule has 0 unspecified atom stereocenters. The van der Waals surface area contributed by atoms with E-state index >= 15 is 0 Å². The number of ether oxygens (including phenoxy) is 1. The molecular weight excluding hydrogens is 292 g/mol. The molecule has 23 heavy (non-hydrogen) atoms. The number of amides is 1. The lowest BCUT2D eigenvalue weighted by molar-refractivity contribution is -0.119. The summed E-state index contributed by atoms with van der Waals surface area (Å²) in [5.41, 5.74) is 3.61. The van der Waals surface area contributed by atoms with Gasteiger partial charge in [0.1, 0.15) is 0 Å². The number of nitrogens with zero attached hydrogens (tertiary/aromatic N) is 1. The van der Waals surface area contributed by atoms with E-state index in [9.17, 15) is 9.59 Å². The molecule has 0 aromatic heterocycles. The first-order valence-corrected chi connectivity index (χ1v) is 7.04. The van der Waals surface area contributed by atoms with Gasteiger partial charge in [-0.2, -0.15) is 5.26 Å². The minimum atomic E-state index is -0.607. The summed E-state index contributed by atoms with van der Waals surface area (Å²) in [6.07, 6.45) is 0. The molecule has 1 N–H and O–H groups in total. The molecule has 0 aliphatic rings. The van der Waals surface area contributed by atoms with Gasteiger partial charge in [-0.15, -0.1) is 0 Å². The Morgan fingerprint density at radius 3 is 2.39 bits per heavy atom. The van der Waals surface area contributed by atoms with Crippen molar-refractivity contribution in [2.75, 3.05) is 11.9 Å².